The molecule has 0 bridgehead atoms. The summed E-state index contributed by atoms with van der Waals surface area (Å²) in [5.74, 6) is 0. The summed E-state index contributed by atoms with van der Waals surface area (Å²) in [6.07, 6.45) is 3.53. The van der Waals surface area contributed by atoms with E-state index in [9.17, 15) is 0 Å². The van der Waals surface area contributed by atoms with Gasteiger partial charge in [0.1, 0.15) is 0 Å². The maximum atomic E-state index is 5.40. The lowest BCUT2D eigenvalue weighted by Crippen LogP contribution is -2.43. The summed E-state index contributed by atoms with van der Waals surface area (Å²) in [4.78, 5) is 0. The van der Waals surface area contributed by atoms with Crippen LogP contribution >= 0.6 is 0 Å². The lowest BCUT2D eigenvalue weighted by Gasteiger charge is -2.30. The van der Waals surface area contributed by atoms with E-state index in [4.69, 9.17) is 13.3 Å². The van der Waals surface area contributed by atoms with Crippen LogP contribution in [0.3, 0.4) is 0 Å². The Kier molecular flexibility index (Phi) is 6.67. The van der Waals surface area contributed by atoms with E-state index >= 15 is 0 Å². The van der Waals surface area contributed by atoms with Gasteiger partial charge in [0, 0.05) is 27.4 Å². The van der Waals surface area contributed by atoms with Crippen LogP contribution in [0.25, 0.3) is 0 Å². The Labute approximate surface area is 95.5 Å². The van der Waals surface area contributed by atoms with Gasteiger partial charge in [-0.1, -0.05) is 27.2 Å². The molecule has 15 heavy (non-hydrogen) atoms. The van der Waals surface area contributed by atoms with Crippen molar-refractivity contribution < 1.29 is 13.3 Å². The van der Waals surface area contributed by atoms with Crippen LogP contribution in [0.2, 0.25) is 6.04 Å². The molecule has 0 rings (SSSR count). The van der Waals surface area contributed by atoms with Crippen LogP contribution in [0, 0.1) is 5.41 Å². The first-order valence-corrected chi connectivity index (χ1v) is 7.54. The highest BCUT2D eigenvalue weighted by Crippen LogP contribution is 2.31. The molecule has 0 aliphatic carbocycles. The van der Waals surface area contributed by atoms with Crippen LogP contribution in [0.1, 0.15) is 40.0 Å². The third-order valence-electron chi connectivity index (χ3n) is 2.97. The van der Waals surface area contributed by atoms with Crippen molar-refractivity contribution in [1.82, 2.24) is 0 Å². The third-order valence-corrected chi connectivity index (χ3v) is 5.70. The van der Waals surface area contributed by atoms with Crippen molar-refractivity contribution in [3.05, 3.63) is 0 Å². The number of hydrogen-bond donors (Lipinski definition) is 0. The van der Waals surface area contributed by atoms with Gasteiger partial charge in [-0.3, -0.25) is 0 Å². The number of rotatable bonds is 8. The summed E-state index contributed by atoms with van der Waals surface area (Å²) >= 11 is 0. The molecule has 0 aliphatic rings. The molecule has 92 valence electrons. The van der Waals surface area contributed by atoms with E-state index < -0.39 is 8.80 Å². The molecule has 0 saturated carbocycles. The molecular formula is C11H26O3Si. The summed E-state index contributed by atoms with van der Waals surface area (Å²) in [6.45, 7) is 6.79. The first kappa shape index (κ1) is 15.1. The zero-order chi connectivity index (χ0) is 11.9. The van der Waals surface area contributed by atoms with E-state index in [1.54, 1.807) is 21.3 Å². The Morgan fingerprint density at radius 2 is 1.40 bits per heavy atom. The van der Waals surface area contributed by atoms with Gasteiger partial charge in [0.15, 0.2) is 0 Å². The molecule has 0 atom stereocenters. The Morgan fingerprint density at radius 1 is 0.933 bits per heavy atom. The van der Waals surface area contributed by atoms with Gasteiger partial charge in [-0.15, -0.1) is 0 Å². The van der Waals surface area contributed by atoms with Crippen molar-refractivity contribution in [3.8, 4) is 0 Å². The van der Waals surface area contributed by atoms with Crippen molar-refractivity contribution in [1.29, 1.82) is 0 Å². The highest BCUT2D eigenvalue weighted by Gasteiger charge is 2.39. The van der Waals surface area contributed by atoms with Crippen molar-refractivity contribution in [2.45, 2.75) is 46.1 Å². The average molecular weight is 234 g/mol. The molecule has 0 aliphatic heterocycles. The Hall–Kier alpha value is 0.0969. The molecule has 0 fully saturated rings. The zero-order valence-electron chi connectivity index (χ0n) is 11.1. The van der Waals surface area contributed by atoms with E-state index in [1.165, 1.54) is 12.8 Å². The fourth-order valence-electron chi connectivity index (χ4n) is 1.85. The lowest BCUT2D eigenvalue weighted by molar-refractivity contribution is 0.117. The monoisotopic (exact) mass is 234 g/mol. The van der Waals surface area contributed by atoms with Gasteiger partial charge < -0.3 is 13.3 Å². The van der Waals surface area contributed by atoms with Crippen LogP contribution in [-0.2, 0) is 13.3 Å². The van der Waals surface area contributed by atoms with Crippen LogP contribution in [0.4, 0.5) is 0 Å². The fraction of sp³-hybridized carbons (Fsp3) is 1.00. The zero-order valence-corrected chi connectivity index (χ0v) is 12.1. The topological polar surface area (TPSA) is 27.7 Å². The van der Waals surface area contributed by atoms with E-state index in [0.717, 1.165) is 12.5 Å². The fourth-order valence-corrected chi connectivity index (χ4v) is 3.94. The van der Waals surface area contributed by atoms with Crippen LogP contribution in [-0.4, -0.2) is 30.1 Å². The summed E-state index contributed by atoms with van der Waals surface area (Å²) < 4.78 is 16.2. The summed E-state index contributed by atoms with van der Waals surface area (Å²) in [5.41, 5.74) is 0.350. The maximum Gasteiger partial charge on any atom is 0.500 e. The first-order valence-electron chi connectivity index (χ1n) is 5.60. The second-order valence-electron chi connectivity index (χ2n) is 4.71. The second-order valence-corrected chi connectivity index (χ2v) is 7.80. The Morgan fingerprint density at radius 3 is 1.73 bits per heavy atom. The second kappa shape index (κ2) is 6.63. The molecular weight excluding hydrogens is 208 g/mol. The van der Waals surface area contributed by atoms with E-state index in [2.05, 4.69) is 20.8 Å². The SMILES string of the molecule is CCCC(C)(C)CC[Si](OC)(OC)OC. The first-order chi connectivity index (χ1) is 6.95. The van der Waals surface area contributed by atoms with Gasteiger partial charge in [0.2, 0.25) is 0 Å². The van der Waals surface area contributed by atoms with Crippen molar-refractivity contribution in [2.75, 3.05) is 21.3 Å². The van der Waals surface area contributed by atoms with E-state index in [1.807, 2.05) is 0 Å². The van der Waals surface area contributed by atoms with Gasteiger partial charge >= 0.3 is 8.80 Å². The van der Waals surface area contributed by atoms with Crippen molar-refractivity contribution >= 4 is 8.80 Å². The molecule has 0 heterocycles. The molecule has 0 radical (unpaired) electrons. The summed E-state index contributed by atoms with van der Waals surface area (Å²) in [7, 11) is 2.66. The quantitative estimate of drug-likeness (QED) is 0.604. The molecule has 0 aromatic heterocycles. The molecule has 0 saturated heterocycles. The molecule has 0 spiro atoms. The van der Waals surface area contributed by atoms with Gasteiger partial charge in [-0.05, 0) is 18.3 Å². The van der Waals surface area contributed by atoms with Crippen molar-refractivity contribution in [3.63, 3.8) is 0 Å². The van der Waals surface area contributed by atoms with Gasteiger partial charge in [0.25, 0.3) is 0 Å². The minimum Gasteiger partial charge on any atom is -0.377 e. The van der Waals surface area contributed by atoms with Crippen LogP contribution in [0.15, 0.2) is 0 Å². The van der Waals surface area contributed by atoms with Crippen LogP contribution in [0.5, 0.6) is 0 Å². The molecule has 0 aromatic rings. The number of hydrogen-bond acceptors (Lipinski definition) is 3. The standard InChI is InChI=1S/C11H26O3Si/c1-7-8-11(2,3)9-10-15(12-4,13-5)14-6/h7-10H2,1-6H3. The molecule has 3 nitrogen and oxygen atoms in total. The van der Waals surface area contributed by atoms with Crippen LogP contribution < -0.4 is 0 Å². The predicted octanol–water partition coefficient (Wildman–Crippen LogP) is 3.08. The van der Waals surface area contributed by atoms with Gasteiger partial charge in [-0.25, -0.2) is 0 Å². The lowest BCUT2D eigenvalue weighted by atomic mass is 9.85. The van der Waals surface area contributed by atoms with E-state index in [-0.39, 0.29) is 0 Å². The molecule has 0 unspecified atom stereocenters. The normalized spacial score (nSPS) is 13.2. The smallest absolute Gasteiger partial charge is 0.377 e. The maximum absolute atomic E-state index is 5.40. The third kappa shape index (κ3) is 5.11. The van der Waals surface area contributed by atoms with Gasteiger partial charge in [-0.2, -0.15) is 0 Å². The Balaban J connectivity index is 4.20. The largest absolute Gasteiger partial charge is 0.500 e. The highest BCUT2D eigenvalue weighted by molar-refractivity contribution is 6.60. The summed E-state index contributed by atoms with van der Waals surface area (Å²) in [5, 5.41) is 0. The predicted molar refractivity (Wildman–Crippen MR) is 64.9 cm³/mol. The van der Waals surface area contributed by atoms with Crippen molar-refractivity contribution in [2.24, 2.45) is 5.41 Å². The molecule has 0 amide bonds. The summed E-state index contributed by atoms with van der Waals surface area (Å²) in [6, 6.07) is 0.892. The highest BCUT2D eigenvalue weighted by atomic mass is 28.4. The van der Waals surface area contributed by atoms with Gasteiger partial charge in [0.05, 0.1) is 0 Å². The molecule has 4 heteroatoms. The Bertz CT molecular complexity index is 159. The molecule has 0 aromatic carbocycles. The minimum absolute atomic E-state index is 0.350. The molecule has 0 N–H and O–H groups in total. The average Bonchev–Trinajstić information content (AvgIpc) is 2.21. The minimum atomic E-state index is -2.36. The van der Waals surface area contributed by atoms with E-state index in [0.29, 0.717) is 5.41 Å².